The van der Waals surface area contributed by atoms with Crippen molar-refractivity contribution < 1.29 is 31.1 Å². The number of sulfonamides is 1. The van der Waals surface area contributed by atoms with E-state index >= 15 is 0 Å². The molecule has 1 saturated heterocycles. The van der Waals surface area contributed by atoms with Gasteiger partial charge in [-0.2, -0.15) is 4.31 Å². The van der Waals surface area contributed by atoms with Crippen molar-refractivity contribution in [3.8, 4) is 17.0 Å². The Bertz CT molecular complexity index is 1280. The van der Waals surface area contributed by atoms with Crippen LogP contribution in [0.2, 0.25) is 4.34 Å². The second kappa shape index (κ2) is 9.82. The molecule has 0 aliphatic carbocycles. The predicted molar refractivity (Wildman–Crippen MR) is 122 cm³/mol. The third-order valence-corrected chi connectivity index (χ3v) is 9.42. The minimum Gasteiger partial charge on any atom is -0.406 e. The van der Waals surface area contributed by atoms with E-state index in [2.05, 4.69) is 15.0 Å². The summed E-state index contributed by atoms with van der Waals surface area (Å²) in [4.78, 5) is 17.2. The molecule has 0 unspecified atom stereocenters. The number of hydrogen-bond donors (Lipinski definition) is 1. The van der Waals surface area contributed by atoms with Crippen LogP contribution in [0.5, 0.6) is 5.75 Å². The molecule has 0 spiro atoms. The molecule has 1 aliphatic rings. The van der Waals surface area contributed by atoms with E-state index in [-0.39, 0.29) is 23.0 Å². The fourth-order valence-electron chi connectivity index (χ4n) is 3.47. The Morgan fingerprint density at radius 3 is 2.62 bits per heavy atom. The van der Waals surface area contributed by atoms with Gasteiger partial charge in [-0.1, -0.05) is 11.6 Å². The number of rotatable bonds is 7. The Hall–Kier alpha value is -2.19. The number of benzene rings is 1. The highest BCUT2D eigenvalue weighted by Gasteiger charge is 2.40. The number of alkyl halides is 3. The monoisotopic (exact) mass is 551 g/mol. The van der Waals surface area contributed by atoms with E-state index in [0.717, 1.165) is 11.3 Å². The lowest BCUT2D eigenvalue weighted by Gasteiger charge is -2.22. The topological polar surface area (TPSA) is 88.6 Å². The van der Waals surface area contributed by atoms with E-state index in [1.165, 1.54) is 52.0 Å². The van der Waals surface area contributed by atoms with Crippen molar-refractivity contribution in [1.82, 2.24) is 14.6 Å². The fraction of sp³-hybridized carbons (Fsp3) is 0.300. The number of aromatic nitrogens is 1. The molecule has 3 aromatic rings. The van der Waals surface area contributed by atoms with E-state index in [0.29, 0.717) is 33.4 Å². The van der Waals surface area contributed by atoms with E-state index in [9.17, 15) is 26.4 Å². The van der Waals surface area contributed by atoms with E-state index in [1.807, 2.05) is 0 Å². The summed E-state index contributed by atoms with van der Waals surface area (Å²) in [6.45, 7) is 0.333. The first-order chi connectivity index (χ1) is 16.0. The summed E-state index contributed by atoms with van der Waals surface area (Å²) in [6, 6.07) is 7.40. The highest BCUT2D eigenvalue weighted by Crippen LogP contribution is 2.32. The molecule has 2 aromatic heterocycles. The van der Waals surface area contributed by atoms with Gasteiger partial charge in [-0.05, 0) is 49.2 Å². The van der Waals surface area contributed by atoms with Crippen LogP contribution in [-0.2, 0) is 21.4 Å². The van der Waals surface area contributed by atoms with Crippen molar-refractivity contribution in [3.05, 3.63) is 51.1 Å². The number of nitrogens with zero attached hydrogens (tertiary/aromatic N) is 2. The van der Waals surface area contributed by atoms with Gasteiger partial charge in [-0.15, -0.1) is 35.8 Å². The van der Waals surface area contributed by atoms with Gasteiger partial charge < -0.3 is 10.1 Å². The number of amides is 1. The Morgan fingerprint density at radius 2 is 1.97 bits per heavy atom. The molecule has 34 heavy (non-hydrogen) atoms. The molecule has 1 aromatic carbocycles. The van der Waals surface area contributed by atoms with Crippen molar-refractivity contribution in [2.45, 2.75) is 36.0 Å². The van der Waals surface area contributed by atoms with Gasteiger partial charge in [-0.25, -0.2) is 13.4 Å². The lowest BCUT2D eigenvalue weighted by molar-refractivity contribution is -0.274. The maximum atomic E-state index is 12.9. The Morgan fingerprint density at radius 1 is 1.24 bits per heavy atom. The normalized spacial score (nSPS) is 17.1. The van der Waals surface area contributed by atoms with E-state index in [1.54, 1.807) is 5.38 Å². The third kappa shape index (κ3) is 5.71. The van der Waals surface area contributed by atoms with Crippen LogP contribution < -0.4 is 10.1 Å². The lowest BCUT2D eigenvalue weighted by atomic mass is 10.2. The van der Waals surface area contributed by atoms with Crippen LogP contribution in [0.3, 0.4) is 0 Å². The van der Waals surface area contributed by atoms with Gasteiger partial charge in [0.15, 0.2) is 0 Å². The first-order valence-corrected chi connectivity index (χ1v) is 13.4. The molecule has 14 heteroatoms. The van der Waals surface area contributed by atoms with Gasteiger partial charge >= 0.3 is 6.36 Å². The van der Waals surface area contributed by atoms with E-state index < -0.39 is 28.3 Å². The van der Waals surface area contributed by atoms with Crippen LogP contribution >= 0.6 is 34.3 Å². The number of carbonyl (C=O) groups is 1. The van der Waals surface area contributed by atoms with Crippen LogP contribution in [0, 0.1) is 0 Å². The molecule has 3 heterocycles. The van der Waals surface area contributed by atoms with Gasteiger partial charge in [0.2, 0.25) is 5.91 Å². The molecule has 1 N–H and O–H groups in total. The summed E-state index contributed by atoms with van der Waals surface area (Å²) in [5.74, 6) is -0.756. The van der Waals surface area contributed by atoms with Crippen molar-refractivity contribution >= 4 is 50.2 Å². The lowest BCUT2D eigenvalue weighted by Crippen LogP contribution is -2.45. The SMILES string of the molecule is O=C(NCc1nc(-c2ccc(OC(F)(F)F)cc2)cs1)[C@H]1CCCN1S(=O)(=O)c1ccc(Cl)s1. The zero-order valence-electron chi connectivity index (χ0n) is 17.2. The highest BCUT2D eigenvalue weighted by atomic mass is 35.5. The average molecular weight is 552 g/mol. The molecular formula is C20H17ClF3N3O4S3. The summed E-state index contributed by atoms with van der Waals surface area (Å²) >= 11 is 8.08. The highest BCUT2D eigenvalue weighted by molar-refractivity contribution is 7.91. The molecule has 1 fully saturated rings. The van der Waals surface area contributed by atoms with Crippen molar-refractivity contribution in [2.24, 2.45) is 0 Å². The van der Waals surface area contributed by atoms with Gasteiger partial charge in [-0.3, -0.25) is 4.79 Å². The number of hydrogen-bond acceptors (Lipinski definition) is 7. The van der Waals surface area contributed by atoms with Gasteiger partial charge in [0.05, 0.1) is 16.6 Å². The van der Waals surface area contributed by atoms with Crippen LogP contribution in [0.25, 0.3) is 11.3 Å². The second-order valence-electron chi connectivity index (χ2n) is 7.25. The van der Waals surface area contributed by atoms with Crippen LogP contribution in [0.1, 0.15) is 17.8 Å². The zero-order valence-corrected chi connectivity index (χ0v) is 20.4. The molecular weight excluding hydrogens is 535 g/mol. The Labute approximate surface area is 206 Å². The third-order valence-electron chi connectivity index (χ3n) is 4.97. The van der Waals surface area contributed by atoms with Crippen LogP contribution in [0.15, 0.2) is 46.0 Å². The van der Waals surface area contributed by atoms with Crippen LogP contribution in [0.4, 0.5) is 13.2 Å². The number of thiophene rings is 1. The first kappa shape index (κ1) is 24.9. The van der Waals surface area contributed by atoms with E-state index in [4.69, 9.17) is 11.6 Å². The molecule has 4 rings (SSSR count). The number of halogens is 4. The van der Waals surface area contributed by atoms with Gasteiger partial charge in [0.1, 0.15) is 21.0 Å². The zero-order chi connectivity index (χ0) is 24.5. The summed E-state index contributed by atoms with van der Waals surface area (Å²) in [7, 11) is -3.83. The number of thiazole rings is 1. The van der Waals surface area contributed by atoms with Crippen molar-refractivity contribution in [2.75, 3.05) is 6.54 Å². The fourth-order valence-corrected chi connectivity index (χ4v) is 7.49. The summed E-state index contributed by atoms with van der Waals surface area (Å²) in [6.07, 6.45) is -3.80. The van der Waals surface area contributed by atoms with Crippen molar-refractivity contribution in [3.63, 3.8) is 0 Å². The molecule has 1 atom stereocenters. The Kier molecular flexibility index (Phi) is 7.20. The second-order valence-corrected chi connectivity index (χ2v) is 12.0. The Balaban J connectivity index is 1.38. The molecule has 7 nitrogen and oxygen atoms in total. The number of carbonyl (C=O) groups excluding carboxylic acids is 1. The molecule has 0 saturated carbocycles. The molecule has 1 amide bonds. The number of nitrogens with one attached hydrogen (secondary N) is 1. The largest absolute Gasteiger partial charge is 0.573 e. The standard InChI is InChI=1S/C20H17ClF3N3O4S3/c21-16-7-8-18(33-16)34(29,30)27-9-1-2-15(27)19(28)25-10-17-26-14(11-32-17)12-3-5-13(6-4-12)31-20(22,23)24/h3-8,11,15H,1-2,9-10H2,(H,25,28)/t15-/m1/s1. The molecule has 1 aliphatic heterocycles. The molecule has 0 bridgehead atoms. The summed E-state index contributed by atoms with van der Waals surface area (Å²) < 4.78 is 68.2. The minimum absolute atomic E-state index is 0.0911. The van der Waals surface area contributed by atoms with Gasteiger partial charge in [0.25, 0.3) is 10.0 Å². The van der Waals surface area contributed by atoms with Crippen molar-refractivity contribution in [1.29, 1.82) is 0 Å². The maximum absolute atomic E-state index is 12.9. The van der Waals surface area contributed by atoms with Crippen LogP contribution in [-0.4, -0.2) is 42.6 Å². The number of ether oxygens (including phenoxy) is 1. The summed E-state index contributed by atoms with van der Waals surface area (Å²) in [5.41, 5.74) is 1.12. The molecule has 182 valence electrons. The quantitative estimate of drug-likeness (QED) is 0.451. The minimum atomic E-state index is -4.77. The van der Waals surface area contributed by atoms with Gasteiger partial charge in [0, 0.05) is 17.5 Å². The first-order valence-electron chi connectivity index (χ1n) is 9.88. The predicted octanol–water partition coefficient (Wildman–Crippen LogP) is 4.89. The summed E-state index contributed by atoms with van der Waals surface area (Å²) in [5, 5.41) is 5.02. The smallest absolute Gasteiger partial charge is 0.406 e. The molecule has 0 radical (unpaired) electrons. The maximum Gasteiger partial charge on any atom is 0.573 e. The average Bonchev–Trinajstić information content (AvgIpc) is 3.52.